The zero-order valence-electron chi connectivity index (χ0n) is 15.8. The van der Waals surface area contributed by atoms with E-state index in [0.717, 1.165) is 29.8 Å². The second-order valence-corrected chi connectivity index (χ2v) is 8.07. The van der Waals surface area contributed by atoms with Crippen molar-refractivity contribution in [2.45, 2.75) is 23.9 Å². The molecule has 1 atom stereocenters. The van der Waals surface area contributed by atoms with Gasteiger partial charge in [-0.3, -0.25) is 4.57 Å². The minimum Gasteiger partial charge on any atom is -0.378 e. The number of halogens is 1. The highest BCUT2D eigenvalue weighted by Crippen LogP contribution is 2.35. The van der Waals surface area contributed by atoms with Crippen LogP contribution in [0.2, 0.25) is 0 Å². The number of morpholine rings is 1. The largest absolute Gasteiger partial charge is 0.378 e. The van der Waals surface area contributed by atoms with Crippen LogP contribution < -0.4 is 4.90 Å². The highest BCUT2D eigenvalue weighted by atomic mass is 32.2. The van der Waals surface area contributed by atoms with Gasteiger partial charge in [-0.15, -0.1) is 10.2 Å². The summed E-state index contributed by atoms with van der Waals surface area (Å²) in [5.74, 6) is 0.656. The summed E-state index contributed by atoms with van der Waals surface area (Å²) in [6.07, 6.45) is 0. The van der Waals surface area contributed by atoms with Gasteiger partial charge in [-0.25, -0.2) is 4.39 Å². The molecule has 3 aromatic rings. The van der Waals surface area contributed by atoms with Crippen molar-refractivity contribution in [3.63, 3.8) is 0 Å². The van der Waals surface area contributed by atoms with E-state index in [1.165, 1.54) is 17.7 Å². The Balaban J connectivity index is 1.61. The number of hydrogen-bond donors (Lipinski definition) is 0. The number of aromatic nitrogens is 3. The van der Waals surface area contributed by atoms with Gasteiger partial charge < -0.3 is 9.64 Å². The lowest BCUT2D eigenvalue weighted by atomic mass is 10.2. The highest BCUT2D eigenvalue weighted by Gasteiger charge is 2.22. The minimum atomic E-state index is -0.220. The fourth-order valence-corrected chi connectivity index (χ4v) is 4.20. The third-order valence-corrected chi connectivity index (χ3v) is 5.93. The van der Waals surface area contributed by atoms with E-state index >= 15 is 0 Å². The molecule has 0 bridgehead atoms. The molecule has 1 aliphatic heterocycles. The number of nitrogens with zero attached hydrogens (tertiary/aromatic N) is 4. The molecule has 0 aliphatic carbocycles. The van der Waals surface area contributed by atoms with E-state index in [2.05, 4.69) is 38.7 Å². The average molecular weight is 399 g/mol. The van der Waals surface area contributed by atoms with Crippen molar-refractivity contribution in [2.24, 2.45) is 0 Å². The maximum atomic E-state index is 13.2. The molecular formula is C21H23FN4OS. The first-order chi connectivity index (χ1) is 13.7. The Labute approximate surface area is 168 Å². The Bertz CT molecular complexity index is 895. The summed E-state index contributed by atoms with van der Waals surface area (Å²) in [7, 11) is 0. The Morgan fingerprint density at radius 3 is 2.46 bits per heavy atom. The number of rotatable bonds is 6. The molecule has 7 heteroatoms. The van der Waals surface area contributed by atoms with Crippen LogP contribution in [0.1, 0.15) is 23.3 Å². The maximum absolute atomic E-state index is 13.2. The third-order valence-electron chi connectivity index (χ3n) is 4.80. The molecule has 0 unspecified atom stereocenters. The topological polar surface area (TPSA) is 43.2 Å². The maximum Gasteiger partial charge on any atom is 0.228 e. The van der Waals surface area contributed by atoms with Gasteiger partial charge in [0, 0.05) is 18.3 Å². The van der Waals surface area contributed by atoms with Gasteiger partial charge in [0.1, 0.15) is 5.82 Å². The first-order valence-electron chi connectivity index (χ1n) is 9.42. The zero-order valence-corrected chi connectivity index (χ0v) is 16.6. The van der Waals surface area contributed by atoms with Gasteiger partial charge in [-0.05, 0) is 30.2 Å². The van der Waals surface area contributed by atoms with E-state index in [-0.39, 0.29) is 11.1 Å². The third kappa shape index (κ3) is 4.36. The lowest BCUT2D eigenvalue weighted by molar-refractivity contribution is 0.121. The quantitative estimate of drug-likeness (QED) is 0.584. The van der Waals surface area contributed by atoms with Gasteiger partial charge in [0.05, 0.1) is 19.8 Å². The van der Waals surface area contributed by atoms with Gasteiger partial charge in [0.15, 0.2) is 5.16 Å². The summed E-state index contributed by atoms with van der Waals surface area (Å²) < 4.78 is 20.9. The van der Waals surface area contributed by atoms with Gasteiger partial charge in [0.25, 0.3) is 0 Å². The van der Waals surface area contributed by atoms with Crippen molar-refractivity contribution >= 4 is 17.7 Å². The van der Waals surface area contributed by atoms with Crippen LogP contribution in [-0.4, -0.2) is 41.1 Å². The first kappa shape index (κ1) is 19.0. The van der Waals surface area contributed by atoms with Crippen molar-refractivity contribution in [3.05, 3.63) is 71.5 Å². The van der Waals surface area contributed by atoms with Crippen LogP contribution in [0, 0.1) is 5.82 Å². The van der Waals surface area contributed by atoms with Gasteiger partial charge in [0.2, 0.25) is 5.95 Å². The van der Waals surface area contributed by atoms with Crippen molar-refractivity contribution in [2.75, 3.05) is 31.2 Å². The fraction of sp³-hybridized carbons (Fsp3) is 0.333. The van der Waals surface area contributed by atoms with E-state index < -0.39 is 0 Å². The smallest absolute Gasteiger partial charge is 0.228 e. The van der Waals surface area contributed by atoms with E-state index in [4.69, 9.17) is 4.74 Å². The molecule has 0 amide bonds. The summed E-state index contributed by atoms with van der Waals surface area (Å²) >= 11 is 1.64. The molecule has 5 nitrogen and oxygen atoms in total. The van der Waals surface area contributed by atoms with E-state index in [1.54, 1.807) is 11.8 Å². The zero-order chi connectivity index (χ0) is 19.3. The fourth-order valence-electron chi connectivity index (χ4n) is 3.23. The molecule has 1 saturated heterocycles. The Morgan fingerprint density at radius 1 is 1.04 bits per heavy atom. The Kier molecular flexibility index (Phi) is 5.92. The molecule has 2 heterocycles. The number of anilines is 1. The van der Waals surface area contributed by atoms with Crippen LogP contribution in [0.3, 0.4) is 0 Å². The summed E-state index contributed by atoms with van der Waals surface area (Å²) in [6, 6.07) is 17.0. The second-order valence-electron chi connectivity index (χ2n) is 6.77. The molecule has 0 radical (unpaired) electrons. The number of thioether (sulfide) groups is 1. The van der Waals surface area contributed by atoms with Crippen LogP contribution in [-0.2, 0) is 11.3 Å². The van der Waals surface area contributed by atoms with Crippen LogP contribution in [0.5, 0.6) is 0 Å². The van der Waals surface area contributed by atoms with Gasteiger partial charge in [-0.2, -0.15) is 0 Å². The van der Waals surface area contributed by atoms with Crippen LogP contribution in [0.4, 0.5) is 10.3 Å². The SMILES string of the molecule is C[C@H](Sc1nnc(N2CCOCC2)n1Cc1ccccc1)c1ccc(F)cc1. The molecular weight excluding hydrogens is 375 g/mol. The van der Waals surface area contributed by atoms with Crippen molar-refractivity contribution < 1.29 is 9.13 Å². The number of hydrogen-bond acceptors (Lipinski definition) is 5. The molecule has 1 fully saturated rings. The molecule has 1 aromatic heterocycles. The van der Waals surface area contributed by atoms with Crippen molar-refractivity contribution in [1.82, 2.24) is 14.8 Å². The summed E-state index contributed by atoms with van der Waals surface area (Å²) in [5.41, 5.74) is 2.27. The van der Waals surface area contributed by atoms with Crippen LogP contribution >= 0.6 is 11.8 Å². The lowest BCUT2D eigenvalue weighted by Crippen LogP contribution is -2.38. The van der Waals surface area contributed by atoms with Gasteiger partial charge >= 0.3 is 0 Å². The van der Waals surface area contributed by atoms with Crippen molar-refractivity contribution in [1.29, 1.82) is 0 Å². The first-order valence-corrected chi connectivity index (χ1v) is 10.3. The van der Waals surface area contributed by atoms with Crippen LogP contribution in [0.15, 0.2) is 59.8 Å². The second kappa shape index (κ2) is 8.75. The summed E-state index contributed by atoms with van der Waals surface area (Å²) in [5, 5.41) is 9.99. The Hall–Kier alpha value is -2.38. The van der Waals surface area contributed by atoms with Gasteiger partial charge in [-0.1, -0.05) is 54.2 Å². The van der Waals surface area contributed by atoms with E-state index in [9.17, 15) is 4.39 Å². The molecule has 4 rings (SSSR count). The minimum absolute atomic E-state index is 0.136. The monoisotopic (exact) mass is 398 g/mol. The highest BCUT2D eigenvalue weighted by molar-refractivity contribution is 7.99. The lowest BCUT2D eigenvalue weighted by Gasteiger charge is -2.28. The van der Waals surface area contributed by atoms with Crippen LogP contribution in [0.25, 0.3) is 0 Å². The molecule has 28 heavy (non-hydrogen) atoms. The van der Waals surface area contributed by atoms with E-state index in [0.29, 0.717) is 19.8 Å². The predicted octanol–water partition coefficient (Wildman–Crippen LogP) is 4.16. The van der Waals surface area contributed by atoms with E-state index in [1.807, 2.05) is 30.3 Å². The molecule has 0 spiro atoms. The summed E-state index contributed by atoms with van der Waals surface area (Å²) in [4.78, 5) is 2.23. The molecule has 0 N–H and O–H groups in total. The number of benzene rings is 2. The number of ether oxygens (including phenoxy) is 1. The molecule has 146 valence electrons. The normalized spacial score (nSPS) is 15.6. The average Bonchev–Trinajstić information content (AvgIpc) is 3.12. The molecule has 2 aromatic carbocycles. The Morgan fingerprint density at radius 2 is 1.75 bits per heavy atom. The van der Waals surface area contributed by atoms with Crippen molar-refractivity contribution in [3.8, 4) is 0 Å². The molecule has 0 saturated carbocycles. The standard InChI is InChI=1S/C21H23FN4OS/c1-16(18-7-9-19(22)10-8-18)28-21-24-23-20(25-11-13-27-14-12-25)26(21)15-17-5-3-2-4-6-17/h2-10,16H,11-15H2,1H3/t16-/m0/s1. The predicted molar refractivity (Wildman–Crippen MR) is 109 cm³/mol. The molecule has 1 aliphatic rings. The summed E-state index contributed by atoms with van der Waals surface area (Å²) in [6.45, 7) is 5.84.